The van der Waals surface area contributed by atoms with Crippen LogP contribution in [0.2, 0.25) is 0 Å². The van der Waals surface area contributed by atoms with E-state index in [-0.39, 0.29) is 43.1 Å². The zero-order valence-electron chi connectivity index (χ0n) is 19.4. The summed E-state index contributed by atoms with van der Waals surface area (Å²) in [6, 6.07) is 3.15. The second-order valence-corrected chi connectivity index (χ2v) is 7.08. The summed E-state index contributed by atoms with van der Waals surface area (Å²) >= 11 is 0. The third-order valence-corrected chi connectivity index (χ3v) is 3.77. The van der Waals surface area contributed by atoms with E-state index < -0.39 is 5.97 Å². The van der Waals surface area contributed by atoms with Crippen LogP contribution in [-0.4, -0.2) is 57.2 Å². The molecule has 1 aromatic rings. The van der Waals surface area contributed by atoms with Gasteiger partial charge in [-0.3, -0.25) is 9.59 Å². The Labute approximate surface area is 189 Å². The van der Waals surface area contributed by atoms with Crippen LogP contribution in [0.15, 0.2) is 22.8 Å². The van der Waals surface area contributed by atoms with Crippen LogP contribution in [0.25, 0.3) is 0 Å². The first-order chi connectivity index (χ1) is 15.4. The highest BCUT2D eigenvalue weighted by Crippen LogP contribution is 2.05. The Morgan fingerprint density at radius 2 is 1.22 bits per heavy atom. The molecule has 0 aliphatic rings. The van der Waals surface area contributed by atoms with Crippen LogP contribution in [0.1, 0.15) is 75.8 Å². The summed E-state index contributed by atoms with van der Waals surface area (Å²) in [5, 5.41) is 0. The van der Waals surface area contributed by atoms with Crippen molar-refractivity contribution in [1.82, 2.24) is 0 Å². The summed E-state index contributed by atoms with van der Waals surface area (Å²) < 4.78 is 25.0. The zero-order chi connectivity index (χ0) is 24.0. The van der Waals surface area contributed by atoms with Gasteiger partial charge in [0.05, 0.1) is 26.1 Å². The third-order valence-electron chi connectivity index (χ3n) is 3.77. The first-order valence-corrected chi connectivity index (χ1v) is 10.8. The van der Waals surface area contributed by atoms with Crippen LogP contribution in [-0.2, 0) is 33.3 Å². The second kappa shape index (κ2) is 20.2. The number of methoxy groups -OCH3 is 1. The number of hydrogen-bond donors (Lipinski definition) is 0. The molecule has 0 aliphatic heterocycles. The Hall–Kier alpha value is -2.68. The number of unbranched alkanes of at least 4 members (excludes halogenated alkanes) is 3. The Morgan fingerprint density at radius 3 is 1.66 bits per heavy atom. The Balaban J connectivity index is 0.00000220. The number of hydrogen-bond acceptors (Lipinski definition) is 9. The molecule has 0 saturated heterocycles. The Bertz CT molecular complexity index is 634. The van der Waals surface area contributed by atoms with Crippen molar-refractivity contribution in [2.75, 3.05) is 33.5 Å². The molecule has 9 heteroatoms. The number of carbonyl (C=O) groups excluding carboxylic acids is 4. The molecule has 0 aromatic carbocycles. The van der Waals surface area contributed by atoms with Crippen LogP contribution in [0.3, 0.4) is 0 Å². The minimum absolute atomic E-state index is 0.167. The van der Waals surface area contributed by atoms with Gasteiger partial charge in [0.15, 0.2) is 0 Å². The topological polar surface area (TPSA) is 118 Å². The quantitative estimate of drug-likeness (QED) is 0.207. The lowest BCUT2D eigenvalue weighted by atomic mass is 10.2. The van der Waals surface area contributed by atoms with Gasteiger partial charge in [-0.05, 0) is 64.5 Å². The molecule has 0 atom stereocenters. The van der Waals surface area contributed by atoms with Gasteiger partial charge in [0.1, 0.15) is 5.78 Å². The van der Waals surface area contributed by atoms with Gasteiger partial charge in [-0.25, -0.2) is 4.79 Å². The van der Waals surface area contributed by atoms with E-state index in [2.05, 4.69) is 0 Å². The van der Waals surface area contributed by atoms with E-state index in [1.807, 2.05) is 0 Å². The van der Waals surface area contributed by atoms with Crippen molar-refractivity contribution >= 4 is 23.7 Å². The molecule has 0 spiro atoms. The van der Waals surface area contributed by atoms with E-state index in [4.69, 9.17) is 23.4 Å². The SMILES string of the molecule is CC(C)=O.COCCCCOC(=O)CCCCC(=O)OCCCCOC(=O)c1ccco1. The number of Topliss-reactive ketones (excluding diaryl/α,β-unsaturated/α-hetero) is 1. The number of rotatable bonds is 16. The van der Waals surface area contributed by atoms with Gasteiger partial charge >= 0.3 is 17.9 Å². The second-order valence-electron chi connectivity index (χ2n) is 7.08. The lowest BCUT2D eigenvalue weighted by Crippen LogP contribution is -2.09. The fourth-order valence-corrected chi connectivity index (χ4v) is 2.24. The highest BCUT2D eigenvalue weighted by molar-refractivity contribution is 5.86. The van der Waals surface area contributed by atoms with Gasteiger partial charge in [-0.15, -0.1) is 0 Å². The summed E-state index contributed by atoms with van der Waals surface area (Å²) in [6.45, 7) is 4.64. The lowest BCUT2D eigenvalue weighted by Gasteiger charge is -2.06. The van der Waals surface area contributed by atoms with E-state index in [0.717, 1.165) is 12.8 Å². The average molecular weight is 457 g/mol. The smallest absolute Gasteiger partial charge is 0.374 e. The minimum Gasteiger partial charge on any atom is -0.466 e. The molecule has 0 unspecified atom stereocenters. The van der Waals surface area contributed by atoms with Gasteiger partial charge in [0.25, 0.3) is 0 Å². The fourth-order valence-electron chi connectivity index (χ4n) is 2.24. The predicted molar refractivity (Wildman–Crippen MR) is 116 cm³/mol. The number of furan rings is 1. The largest absolute Gasteiger partial charge is 0.466 e. The van der Waals surface area contributed by atoms with Crippen molar-refractivity contribution in [1.29, 1.82) is 0 Å². The van der Waals surface area contributed by atoms with Crippen molar-refractivity contribution in [3.8, 4) is 0 Å². The lowest BCUT2D eigenvalue weighted by molar-refractivity contribution is -0.146. The summed E-state index contributed by atoms with van der Waals surface area (Å²) in [6.07, 6.45) is 6.00. The molecule has 1 aromatic heterocycles. The number of ketones is 1. The van der Waals surface area contributed by atoms with E-state index in [0.29, 0.717) is 45.3 Å². The summed E-state index contributed by atoms with van der Waals surface area (Å²) in [5.74, 6) is -0.702. The van der Waals surface area contributed by atoms with Crippen LogP contribution in [0.4, 0.5) is 0 Å². The average Bonchev–Trinajstić information content (AvgIpc) is 3.28. The van der Waals surface area contributed by atoms with E-state index in [1.54, 1.807) is 13.2 Å². The highest BCUT2D eigenvalue weighted by Gasteiger charge is 2.09. The minimum atomic E-state index is -0.504. The van der Waals surface area contributed by atoms with Crippen LogP contribution in [0.5, 0.6) is 0 Å². The molecular formula is C23H36O9. The molecule has 0 N–H and O–H groups in total. The molecule has 0 radical (unpaired) electrons. The molecular weight excluding hydrogens is 420 g/mol. The summed E-state index contributed by atoms with van der Waals surface area (Å²) in [5.41, 5.74) is 0. The fraction of sp³-hybridized carbons (Fsp3) is 0.652. The molecule has 32 heavy (non-hydrogen) atoms. The standard InChI is InChI=1S/C20H30O8.C3H6O/c1-24-12-4-5-13-26-18(21)10-2-3-11-19(22)27-14-6-7-15-28-20(23)17-9-8-16-25-17;1-3(2)4/h8-9,16H,2-7,10-15H2,1H3;1-2H3. The molecule has 0 amide bonds. The molecule has 1 heterocycles. The Morgan fingerprint density at radius 1 is 0.750 bits per heavy atom. The highest BCUT2D eigenvalue weighted by atomic mass is 16.5. The maximum absolute atomic E-state index is 11.6. The van der Waals surface area contributed by atoms with Crippen LogP contribution in [0, 0.1) is 0 Å². The van der Waals surface area contributed by atoms with Crippen LogP contribution < -0.4 is 0 Å². The van der Waals surface area contributed by atoms with Crippen LogP contribution >= 0.6 is 0 Å². The predicted octanol–water partition coefficient (Wildman–Crippen LogP) is 3.89. The van der Waals surface area contributed by atoms with Crippen molar-refractivity contribution in [3.63, 3.8) is 0 Å². The Kier molecular flexibility index (Phi) is 18.5. The van der Waals surface area contributed by atoms with Gasteiger partial charge in [-0.1, -0.05) is 0 Å². The molecule has 182 valence electrons. The van der Waals surface area contributed by atoms with E-state index >= 15 is 0 Å². The first-order valence-electron chi connectivity index (χ1n) is 10.8. The van der Waals surface area contributed by atoms with Crippen molar-refractivity contribution in [3.05, 3.63) is 24.2 Å². The molecule has 0 aliphatic carbocycles. The molecule has 0 bridgehead atoms. The van der Waals surface area contributed by atoms with Gasteiger partial charge in [-0.2, -0.15) is 0 Å². The van der Waals surface area contributed by atoms with Crippen molar-refractivity contribution in [2.24, 2.45) is 0 Å². The normalized spacial score (nSPS) is 9.97. The van der Waals surface area contributed by atoms with Crippen molar-refractivity contribution in [2.45, 2.75) is 65.2 Å². The van der Waals surface area contributed by atoms with Crippen molar-refractivity contribution < 1.29 is 42.5 Å². The third kappa shape index (κ3) is 19.3. The maximum Gasteiger partial charge on any atom is 0.374 e. The molecule has 1 rings (SSSR count). The van der Waals surface area contributed by atoms with Gasteiger partial charge in [0, 0.05) is 26.6 Å². The monoisotopic (exact) mass is 456 g/mol. The van der Waals surface area contributed by atoms with E-state index in [9.17, 15) is 19.2 Å². The van der Waals surface area contributed by atoms with E-state index in [1.165, 1.54) is 26.2 Å². The summed E-state index contributed by atoms with van der Waals surface area (Å²) in [7, 11) is 1.64. The number of carbonyl (C=O) groups is 4. The molecule has 0 saturated carbocycles. The molecule has 9 nitrogen and oxygen atoms in total. The van der Waals surface area contributed by atoms with Gasteiger partial charge < -0.3 is 28.2 Å². The number of esters is 3. The summed E-state index contributed by atoms with van der Waals surface area (Å²) in [4.78, 5) is 44.1. The maximum atomic E-state index is 11.6. The first kappa shape index (κ1) is 29.3. The molecule has 0 fully saturated rings. The zero-order valence-corrected chi connectivity index (χ0v) is 19.4. The van der Waals surface area contributed by atoms with Gasteiger partial charge in [0.2, 0.25) is 5.76 Å². The number of ether oxygens (including phenoxy) is 4.